The van der Waals surface area contributed by atoms with Gasteiger partial charge in [-0.25, -0.2) is 8.78 Å². The fourth-order valence-electron chi connectivity index (χ4n) is 1.32. The quantitative estimate of drug-likeness (QED) is 0.890. The molecule has 1 N–H and O–H groups in total. The van der Waals surface area contributed by atoms with Crippen molar-refractivity contribution >= 4 is 22.2 Å². The Balaban J connectivity index is 2.42. The number of aromatic nitrogens is 1. The van der Waals surface area contributed by atoms with Crippen LogP contribution in [0.5, 0.6) is 0 Å². The minimum atomic E-state index is -0.708. The standard InChI is InChI=1S/C11H7F2N3S/c1-6-7(5-14)11(17-16-6)15-10-8(12)3-2-4-9(10)13/h2-4,15H,1H3. The highest BCUT2D eigenvalue weighted by Gasteiger charge is 2.14. The molecule has 1 aromatic carbocycles. The first kappa shape index (κ1) is 11.5. The van der Waals surface area contributed by atoms with Crippen LogP contribution < -0.4 is 5.32 Å². The number of rotatable bonds is 2. The average molecular weight is 251 g/mol. The van der Waals surface area contributed by atoms with Crippen LogP contribution >= 0.6 is 11.5 Å². The summed E-state index contributed by atoms with van der Waals surface area (Å²) in [5, 5.41) is 11.8. The summed E-state index contributed by atoms with van der Waals surface area (Å²) in [6, 6.07) is 5.51. The van der Waals surface area contributed by atoms with Crippen molar-refractivity contribution in [1.82, 2.24) is 4.37 Å². The molecule has 0 aliphatic carbocycles. The molecule has 0 fully saturated rings. The van der Waals surface area contributed by atoms with Crippen LogP contribution in [0.25, 0.3) is 0 Å². The average Bonchev–Trinajstić information content (AvgIpc) is 2.64. The second kappa shape index (κ2) is 4.47. The van der Waals surface area contributed by atoms with Crippen molar-refractivity contribution in [2.24, 2.45) is 0 Å². The van der Waals surface area contributed by atoms with Gasteiger partial charge in [-0.1, -0.05) is 6.07 Å². The molecule has 0 bridgehead atoms. The molecule has 0 unspecified atom stereocenters. The van der Waals surface area contributed by atoms with Crippen LogP contribution in [0.3, 0.4) is 0 Å². The van der Waals surface area contributed by atoms with Crippen molar-refractivity contribution in [3.05, 3.63) is 41.1 Å². The third kappa shape index (κ3) is 2.10. The third-order valence-corrected chi connectivity index (χ3v) is 3.03. The number of benzene rings is 1. The minimum Gasteiger partial charge on any atom is -0.340 e. The highest BCUT2D eigenvalue weighted by Crippen LogP contribution is 2.29. The van der Waals surface area contributed by atoms with Crippen molar-refractivity contribution in [1.29, 1.82) is 5.26 Å². The van der Waals surface area contributed by atoms with E-state index in [1.807, 2.05) is 6.07 Å². The topological polar surface area (TPSA) is 48.7 Å². The summed E-state index contributed by atoms with van der Waals surface area (Å²) < 4.78 is 30.7. The summed E-state index contributed by atoms with van der Waals surface area (Å²) >= 11 is 0.996. The van der Waals surface area contributed by atoms with Gasteiger partial charge >= 0.3 is 0 Å². The molecule has 1 heterocycles. The van der Waals surface area contributed by atoms with Gasteiger partial charge in [0.2, 0.25) is 0 Å². The predicted octanol–water partition coefficient (Wildman–Crippen LogP) is 3.35. The van der Waals surface area contributed by atoms with E-state index in [-0.39, 0.29) is 5.69 Å². The second-order valence-corrected chi connectivity index (χ2v) is 4.08. The first-order valence-electron chi connectivity index (χ1n) is 4.71. The van der Waals surface area contributed by atoms with Gasteiger partial charge < -0.3 is 5.32 Å². The number of para-hydroxylation sites is 1. The molecule has 86 valence electrons. The fraction of sp³-hybridized carbons (Fsp3) is 0.0909. The summed E-state index contributed by atoms with van der Waals surface area (Å²) in [7, 11) is 0. The van der Waals surface area contributed by atoms with E-state index in [9.17, 15) is 8.78 Å². The van der Waals surface area contributed by atoms with E-state index in [4.69, 9.17) is 5.26 Å². The van der Waals surface area contributed by atoms with Crippen molar-refractivity contribution in [2.75, 3.05) is 5.32 Å². The van der Waals surface area contributed by atoms with Crippen LogP contribution in [0.4, 0.5) is 19.5 Å². The van der Waals surface area contributed by atoms with Gasteiger partial charge in [0.1, 0.15) is 34.0 Å². The molecule has 0 aliphatic rings. The maximum Gasteiger partial charge on any atom is 0.149 e. The molecule has 0 saturated carbocycles. The number of nitrogens with zero attached hydrogens (tertiary/aromatic N) is 2. The lowest BCUT2D eigenvalue weighted by Crippen LogP contribution is -1.97. The van der Waals surface area contributed by atoms with Crippen molar-refractivity contribution in [3.63, 3.8) is 0 Å². The van der Waals surface area contributed by atoms with E-state index in [0.717, 1.165) is 23.7 Å². The second-order valence-electron chi connectivity index (χ2n) is 3.31. The van der Waals surface area contributed by atoms with Gasteiger partial charge in [0.15, 0.2) is 0 Å². The Bertz CT molecular complexity index is 581. The zero-order valence-electron chi connectivity index (χ0n) is 8.79. The molecule has 6 heteroatoms. The van der Waals surface area contributed by atoms with Gasteiger partial charge in [-0.05, 0) is 30.6 Å². The van der Waals surface area contributed by atoms with Crippen molar-refractivity contribution in [3.8, 4) is 6.07 Å². The fourth-order valence-corrected chi connectivity index (χ4v) is 2.07. The van der Waals surface area contributed by atoms with E-state index in [1.54, 1.807) is 6.92 Å². The first-order valence-corrected chi connectivity index (χ1v) is 5.48. The molecule has 0 aliphatic heterocycles. The van der Waals surface area contributed by atoms with Crippen LogP contribution in [0.15, 0.2) is 18.2 Å². The van der Waals surface area contributed by atoms with Crippen LogP contribution in [0.1, 0.15) is 11.3 Å². The molecular weight excluding hydrogens is 244 g/mol. The Hall–Kier alpha value is -2.00. The van der Waals surface area contributed by atoms with Gasteiger partial charge in [0.05, 0.1) is 5.69 Å². The zero-order chi connectivity index (χ0) is 12.4. The molecule has 0 radical (unpaired) electrons. The maximum absolute atomic E-state index is 13.4. The summed E-state index contributed by atoms with van der Waals surface area (Å²) in [6.07, 6.45) is 0. The lowest BCUT2D eigenvalue weighted by atomic mass is 10.2. The minimum absolute atomic E-state index is 0.271. The van der Waals surface area contributed by atoms with Gasteiger partial charge in [-0.2, -0.15) is 9.64 Å². The Kier molecular flexibility index (Phi) is 3.02. The Labute approximate surface area is 100 Å². The molecule has 2 rings (SSSR count). The third-order valence-electron chi connectivity index (χ3n) is 2.18. The van der Waals surface area contributed by atoms with Crippen molar-refractivity contribution < 1.29 is 8.78 Å². The monoisotopic (exact) mass is 251 g/mol. The van der Waals surface area contributed by atoms with Crippen LogP contribution in [-0.2, 0) is 0 Å². The SMILES string of the molecule is Cc1nsc(Nc2c(F)cccc2F)c1C#N. The maximum atomic E-state index is 13.4. The molecular formula is C11H7F2N3S. The number of aryl methyl sites for hydroxylation is 1. The van der Waals surface area contributed by atoms with Crippen LogP contribution in [0.2, 0.25) is 0 Å². The highest BCUT2D eigenvalue weighted by atomic mass is 32.1. The van der Waals surface area contributed by atoms with Gasteiger partial charge in [-0.3, -0.25) is 0 Å². The summed E-state index contributed by atoms with van der Waals surface area (Å²) in [5.41, 5.74) is 0.571. The van der Waals surface area contributed by atoms with E-state index < -0.39 is 11.6 Å². The summed E-state index contributed by atoms with van der Waals surface area (Å²) in [5.74, 6) is -1.42. The molecule has 1 aromatic heterocycles. The van der Waals surface area contributed by atoms with E-state index in [2.05, 4.69) is 9.69 Å². The number of hydrogen-bond donors (Lipinski definition) is 1. The van der Waals surface area contributed by atoms with Crippen LogP contribution in [0, 0.1) is 29.9 Å². The largest absolute Gasteiger partial charge is 0.340 e. The van der Waals surface area contributed by atoms with E-state index in [1.165, 1.54) is 6.07 Å². The van der Waals surface area contributed by atoms with Gasteiger partial charge in [0.25, 0.3) is 0 Å². The van der Waals surface area contributed by atoms with Crippen molar-refractivity contribution in [2.45, 2.75) is 6.92 Å². The lowest BCUT2D eigenvalue weighted by molar-refractivity contribution is 0.591. The lowest BCUT2D eigenvalue weighted by Gasteiger charge is -2.06. The molecule has 0 amide bonds. The first-order chi connectivity index (χ1) is 8.13. The summed E-state index contributed by atoms with van der Waals surface area (Å²) in [4.78, 5) is 0. The Morgan fingerprint density at radius 2 is 2.00 bits per heavy atom. The molecule has 17 heavy (non-hydrogen) atoms. The number of halogens is 2. The predicted molar refractivity (Wildman–Crippen MR) is 61.2 cm³/mol. The normalized spacial score (nSPS) is 10.0. The zero-order valence-corrected chi connectivity index (χ0v) is 9.61. The number of nitrogens with one attached hydrogen (secondary N) is 1. The van der Waals surface area contributed by atoms with E-state index >= 15 is 0 Å². The molecule has 0 atom stereocenters. The molecule has 0 saturated heterocycles. The van der Waals surface area contributed by atoms with E-state index in [0.29, 0.717) is 16.3 Å². The number of anilines is 2. The Morgan fingerprint density at radius 3 is 2.59 bits per heavy atom. The molecule has 2 aromatic rings. The molecule has 3 nitrogen and oxygen atoms in total. The van der Waals surface area contributed by atoms with Gasteiger partial charge in [-0.15, -0.1) is 0 Å². The van der Waals surface area contributed by atoms with Crippen LogP contribution in [-0.4, -0.2) is 4.37 Å². The smallest absolute Gasteiger partial charge is 0.149 e. The molecule has 0 spiro atoms. The van der Waals surface area contributed by atoms with Gasteiger partial charge in [0, 0.05) is 0 Å². The number of nitriles is 1. The number of hydrogen-bond acceptors (Lipinski definition) is 4. The Morgan fingerprint density at radius 1 is 1.35 bits per heavy atom. The highest BCUT2D eigenvalue weighted by molar-refractivity contribution is 7.10. The summed E-state index contributed by atoms with van der Waals surface area (Å²) in [6.45, 7) is 1.66.